The van der Waals surface area contributed by atoms with E-state index in [0.29, 0.717) is 38.4 Å². The monoisotopic (exact) mass is 389 g/mol. The average molecular weight is 390 g/mol. The van der Waals surface area contributed by atoms with Gasteiger partial charge in [-0.3, -0.25) is 4.79 Å². The van der Waals surface area contributed by atoms with Crippen molar-refractivity contribution in [3.05, 3.63) is 29.8 Å². The maximum Gasteiger partial charge on any atom is 0.254 e. The molecular weight excluding hydrogens is 366 g/mol. The van der Waals surface area contributed by atoms with Crippen molar-refractivity contribution in [1.29, 1.82) is 0 Å². The van der Waals surface area contributed by atoms with Crippen LogP contribution >= 0.6 is 12.4 Å². The molecule has 2 fully saturated rings. The molecule has 0 aliphatic carbocycles. The molecule has 7 nitrogen and oxygen atoms in total. The maximum absolute atomic E-state index is 12.7. The van der Waals surface area contributed by atoms with E-state index in [-0.39, 0.29) is 29.3 Å². The predicted molar refractivity (Wildman–Crippen MR) is 96.6 cm³/mol. The van der Waals surface area contributed by atoms with Crippen LogP contribution < -0.4 is 5.32 Å². The summed E-state index contributed by atoms with van der Waals surface area (Å²) in [7, 11) is -3.59. The van der Waals surface area contributed by atoms with E-state index in [1.807, 2.05) is 6.92 Å². The average Bonchev–Trinajstić information content (AvgIpc) is 2.62. The lowest BCUT2D eigenvalue weighted by atomic mass is 10.1. The molecule has 0 bridgehead atoms. The Morgan fingerprint density at radius 3 is 2.64 bits per heavy atom. The van der Waals surface area contributed by atoms with Crippen molar-refractivity contribution in [2.75, 3.05) is 45.9 Å². The van der Waals surface area contributed by atoms with Crippen LogP contribution in [-0.2, 0) is 14.8 Å². The number of hydrogen-bond acceptors (Lipinski definition) is 5. The lowest BCUT2D eigenvalue weighted by Crippen LogP contribution is -2.52. The van der Waals surface area contributed by atoms with E-state index in [2.05, 4.69) is 5.32 Å². The second kappa shape index (κ2) is 8.46. The van der Waals surface area contributed by atoms with Crippen molar-refractivity contribution in [3.63, 3.8) is 0 Å². The van der Waals surface area contributed by atoms with Crippen LogP contribution in [0.5, 0.6) is 0 Å². The van der Waals surface area contributed by atoms with Gasteiger partial charge in [0.25, 0.3) is 5.91 Å². The summed E-state index contributed by atoms with van der Waals surface area (Å²) in [6, 6.07) is 6.43. The van der Waals surface area contributed by atoms with Gasteiger partial charge in [0, 0.05) is 44.3 Å². The number of morpholine rings is 1. The van der Waals surface area contributed by atoms with E-state index < -0.39 is 10.0 Å². The standard InChI is InChI=1S/C16H23N3O4S.ClH/c1-13-12-17-5-6-19(13)16(20)14-3-2-4-15(11-14)24(21,22)18-7-9-23-10-8-18;/h2-4,11,13,17H,5-10,12H2,1H3;1H/t13-;/m1./s1. The van der Waals surface area contributed by atoms with E-state index in [0.717, 1.165) is 13.1 Å². The minimum Gasteiger partial charge on any atom is -0.379 e. The number of benzene rings is 1. The highest BCUT2D eigenvalue weighted by atomic mass is 35.5. The highest BCUT2D eigenvalue weighted by molar-refractivity contribution is 7.89. The molecule has 2 saturated heterocycles. The number of rotatable bonds is 3. The van der Waals surface area contributed by atoms with Crippen LogP contribution in [0.1, 0.15) is 17.3 Å². The van der Waals surface area contributed by atoms with Gasteiger partial charge in [-0.05, 0) is 25.1 Å². The van der Waals surface area contributed by atoms with Gasteiger partial charge in [0.2, 0.25) is 10.0 Å². The topological polar surface area (TPSA) is 79.0 Å². The van der Waals surface area contributed by atoms with Gasteiger partial charge in [0.05, 0.1) is 18.1 Å². The number of sulfonamides is 1. The molecule has 2 aliphatic heterocycles. The molecule has 0 radical (unpaired) electrons. The molecule has 1 aromatic rings. The first-order valence-electron chi connectivity index (χ1n) is 8.20. The second-order valence-electron chi connectivity index (χ2n) is 6.10. The molecule has 1 atom stereocenters. The van der Waals surface area contributed by atoms with E-state index >= 15 is 0 Å². The molecule has 2 heterocycles. The van der Waals surface area contributed by atoms with E-state index in [1.54, 1.807) is 23.1 Å². The Bertz CT molecular complexity index is 707. The molecule has 3 rings (SSSR count). The van der Waals surface area contributed by atoms with Crippen LogP contribution in [-0.4, -0.2) is 75.5 Å². The van der Waals surface area contributed by atoms with Gasteiger partial charge in [-0.25, -0.2) is 8.42 Å². The molecule has 0 aromatic heterocycles. The number of halogens is 1. The first-order valence-corrected chi connectivity index (χ1v) is 9.64. The van der Waals surface area contributed by atoms with Gasteiger partial charge in [-0.15, -0.1) is 12.4 Å². The molecule has 9 heteroatoms. The van der Waals surface area contributed by atoms with Gasteiger partial charge in [0.1, 0.15) is 0 Å². The summed E-state index contributed by atoms with van der Waals surface area (Å²) in [4.78, 5) is 14.7. The van der Waals surface area contributed by atoms with Crippen molar-refractivity contribution in [2.24, 2.45) is 0 Å². The Morgan fingerprint density at radius 1 is 1.24 bits per heavy atom. The summed E-state index contributed by atoms with van der Waals surface area (Å²) in [5.41, 5.74) is 0.415. The number of amides is 1. The number of hydrogen-bond donors (Lipinski definition) is 1. The zero-order valence-corrected chi connectivity index (χ0v) is 15.8. The second-order valence-corrected chi connectivity index (χ2v) is 8.03. The lowest BCUT2D eigenvalue weighted by molar-refractivity contribution is 0.0655. The molecule has 0 saturated carbocycles. The van der Waals surface area contributed by atoms with Crippen LogP contribution in [0.15, 0.2) is 29.2 Å². The summed E-state index contributed by atoms with van der Waals surface area (Å²) in [6.07, 6.45) is 0. The SMILES string of the molecule is C[C@@H]1CNCCN1C(=O)c1cccc(S(=O)(=O)N2CCOCC2)c1.Cl. The van der Waals surface area contributed by atoms with Gasteiger partial charge < -0.3 is 15.0 Å². The third kappa shape index (κ3) is 4.32. The lowest BCUT2D eigenvalue weighted by Gasteiger charge is -2.34. The Balaban J connectivity index is 0.00000225. The Hall–Kier alpha value is -1.19. The highest BCUT2D eigenvalue weighted by Crippen LogP contribution is 2.20. The summed E-state index contributed by atoms with van der Waals surface area (Å²) in [6.45, 7) is 5.59. The van der Waals surface area contributed by atoms with Gasteiger partial charge in [0.15, 0.2) is 0 Å². The quantitative estimate of drug-likeness (QED) is 0.817. The number of carbonyl (C=O) groups excluding carboxylic acids is 1. The maximum atomic E-state index is 12.7. The molecule has 1 amide bonds. The highest BCUT2D eigenvalue weighted by Gasteiger charge is 2.28. The van der Waals surface area contributed by atoms with E-state index in [4.69, 9.17) is 4.74 Å². The number of piperazine rings is 1. The number of nitrogens with one attached hydrogen (secondary N) is 1. The molecule has 0 unspecified atom stereocenters. The van der Waals surface area contributed by atoms with Crippen molar-refractivity contribution in [2.45, 2.75) is 17.9 Å². The van der Waals surface area contributed by atoms with Crippen LogP contribution in [0.3, 0.4) is 0 Å². The Kier molecular flexibility index (Phi) is 6.81. The molecule has 1 aromatic carbocycles. The summed E-state index contributed by atoms with van der Waals surface area (Å²) < 4.78 is 32.1. The zero-order chi connectivity index (χ0) is 17.2. The van der Waals surface area contributed by atoms with Gasteiger partial charge in [-0.2, -0.15) is 4.31 Å². The smallest absolute Gasteiger partial charge is 0.254 e. The first kappa shape index (κ1) is 20.1. The number of ether oxygens (including phenoxy) is 1. The fourth-order valence-electron chi connectivity index (χ4n) is 3.03. The molecule has 140 valence electrons. The van der Waals surface area contributed by atoms with Gasteiger partial charge >= 0.3 is 0 Å². The van der Waals surface area contributed by atoms with Crippen LogP contribution in [0.2, 0.25) is 0 Å². The van der Waals surface area contributed by atoms with Crippen molar-refractivity contribution in [1.82, 2.24) is 14.5 Å². The molecule has 1 N–H and O–H groups in total. The van der Waals surface area contributed by atoms with Crippen LogP contribution in [0, 0.1) is 0 Å². The predicted octanol–water partition coefficient (Wildman–Crippen LogP) is 0.563. The molecular formula is C16H24ClN3O4S. The molecule has 0 spiro atoms. The van der Waals surface area contributed by atoms with Crippen molar-refractivity contribution >= 4 is 28.3 Å². The fourth-order valence-corrected chi connectivity index (χ4v) is 4.49. The largest absolute Gasteiger partial charge is 0.379 e. The van der Waals surface area contributed by atoms with Gasteiger partial charge in [-0.1, -0.05) is 6.07 Å². The zero-order valence-electron chi connectivity index (χ0n) is 14.2. The summed E-state index contributed by atoms with van der Waals surface area (Å²) >= 11 is 0. The Morgan fingerprint density at radius 2 is 1.96 bits per heavy atom. The fraction of sp³-hybridized carbons (Fsp3) is 0.562. The van der Waals surface area contributed by atoms with E-state index in [1.165, 1.54) is 10.4 Å². The normalized spacial score (nSPS) is 22.3. The van der Waals surface area contributed by atoms with Crippen LogP contribution in [0.25, 0.3) is 0 Å². The number of carbonyl (C=O) groups is 1. The third-order valence-electron chi connectivity index (χ3n) is 4.45. The van der Waals surface area contributed by atoms with Crippen molar-refractivity contribution < 1.29 is 17.9 Å². The first-order chi connectivity index (χ1) is 11.5. The minimum absolute atomic E-state index is 0. The molecule has 2 aliphatic rings. The summed E-state index contributed by atoms with van der Waals surface area (Å²) in [5, 5.41) is 3.24. The summed E-state index contributed by atoms with van der Waals surface area (Å²) in [5.74, 6) is -0.122. The molecule has 25 heavy (non-hydrogen) atoms. The third-order valence-corrected chi connectivity index (χ3v) is 6.35. The van der Waals surface area contributed by atoms with Crippen LogP contribution in [0.4, 0.5) is 0 Å². The van der Waals surface area contributed by atoms with Crippen molar-refractivity contribution in [3.8, 4) is 0 Å². The number of nitrogens with zero attached hydrogens (tertiary/aromatic N) is 2. The minimum atomic E-state index is -3.59. The van der Waals surface area contributed by atoms with E-state index in [9.17, 15) is 13.2 Å². The Labute approximate surface area is 154 Å².